The molecule has 2 unspecified atom stereocenters. The minimum atomic E-state index is -0.183. The molecule has 2 atom stereocenters. The molecule has 1 heterocycles. The number of carbonyl (C=O) groups excluding carboxylic acids is 1. The molecular weight excluding hydrogens is 264 g/mol. The highest BCUT2D eigenvalue weighted by Gasteiger charge is 2.31. The molecule has 4 nitrogen and oxygen atoms in total. The monoisotopic (exact) mass is 290 g/mol. The molecule has 116 valence electrons. The molecule has 1 aliphatic rings. The Morgan fingerprint density at radius 3 is 2.90 bits per heavy atom. The van der Waals surface area contributed by atoms with Gasteiger partial charge in [0.25, 0.3) is 0 Å². The van der Waals surface area contributed by atoms with Gasteiger partial charge in [-0.1, -0.05) is 18.2 Å². The van der Waals surface area contributed by atoms with Crippen molar-refractivity contribution in [3.8, 4) is 0 Å². The zero-order valence-corrected chi connectivity index (χ0v) is 13.3. The number of carbonyl (C=O) groups is 1. The average molecular weight is 290 g/mol. The molecule has 1 saturated heterocycles. The standard InChI is InChI=1S/C17H26N2O2/c1-12-6-4-7-15(13(12)2)16-8-5-9-19(16)17(20)10-14(11-18)21-3/h4,6-7,14,16H,5,8-11,18H2,1-3H3. The average Bonchev–Trinajstić information content (AvgIpc) is 2.96. The SMILES string of the molecule is COC(CN)CC(=O)N1CCCC1c1cccc(C)c1C. The molecule has 1 fully saturated rings. The van der Waals surface area contributed by atoms with E-state index in [0.717, 1.165) is 19.4 Å². The second-order valence-corrected chi connectivity index (χ2v) is 5.83. The quantitative estimate of drug-likeness (QED) is 0.905. The van der Waals surface area contributed by atoms with Gasteiger partial charge in [0.05, 0.1) is 18.6 Å². The van der Waals surface area contributed by atoms with Crippen molar-refractivity contribution in [2.45, 2.75) is 45.3 Å². The summed E-state index contributed by atoms with van der Waals surface area (Å²) < 4.78 is 5.24. The van der Waals surface area contributed by atoms with Crippen molar-refractivity contribution in [2.75, 3.05) is 20.2 Å². The van der Waals surface area contributed by atoms with Crippen molar-refractivity contribution >= 4 is 5.91 Å². The van der Waals surface area contributed by atoms with Crippen LogP contribution in [-0.2, 0) is 9.53 Å². The maximum atomic E-state index is 12.5. The van der Waals surface area contributed by atoms with Gasteiger partial charge < -0.3 is 15.4 Å². The lowest BCUT2D eigenvalue weighted by Crippen LogP contribution is -2.36. The van der Waals surface area contributed by atoms with E-state index in [9.17, 15) is 4.79 Å². The predicted molar refractivity (Wildman–Crippen MR) is 84.1 cm³/mol. The van der Waals surface area contributed by atoms with Crippen molar-refractivity contribution in [3.63, 3.8) is 0 Å². The maximum Gasteiger partial charge on any atom is 0.225 e. The number of hydrogen-bond donors (Lipinski definition) is 1. The van der Waals surface area contributed by atoms with Crippen LogP contribution in [0.15, 0.2) is 18.2 Å². The van der Waals surface area contributed by atoms with Crippen LogP contribution in [-0.4, -0.2) is 37.1 Å². The van der Waals surface area contributed by atoms with E-state index in [0.29, 0.717) is 13.0 Å². The minimum absolute atomic E-state index is 0.149. The van der Waals surface area contributed by atoms with Gasteiger partial charge in [-0.25, -0.2) is 0 Å². The van der Waals surface area contributed by atoms with Crippen LogP contribution in [0.1, 0.15) is 42.0 Å². The van der Waals surface area contributed by atoms with E-state index in [1.807, 2.05) is 4.90 Å². The molecule has 0 saturated carbocycles. The molecule has 1 aromatic rings. The van der Waals surface area contributed by atoms with E-state index in [4.69, 9.17) is 10.5 Å². The summed E-state index contributed by atoms with van der Waals surface area (Å²) in [6, 6.07) is 6.55. The lowest BCUT2D eigenvalue weighted by Gasteiger charge is -2.28. The fourth-order valence-corrected chi connectivity index (χ4v) is 3.10. The highest BCUT2D eigenvalue weighted by molar-refractivity contribution is 5.77. The molecule has 21 heavy (non-hydrogen) atoms. The van der Waals surface area contributed by atoms with Crippen LogP contribution in [0.3, 0.4) is 0 Å². The number of aryl methyl sites for hydroxylation is 1. The highest BCUT2D eigenvalue weighted by Crippen LogP contribution is 2.35. The summed E-state index contributed by atoms with van der Waals surface area (Å²) in [7, 11) is 1.61. The van der Waals surface area contributed by atoms with E-state index in [-0.39, 0.29) is 18.1 Å². The number of likely N-dealkylation sites (tertiary alicyclic amines) is 1. The molecule has 0 spiro atoms. The second kappa shape index (κ2) is 7.05. The summed E-state index contributed by atoms with van der Waals surface area (Å²) in [6.07, 6.45) is 2.28. The van der Waals surface area contributed by atoms with E-state index >= 15 is 0 Å². The topological polar surface area (TPSA) is 55.6 Å². The van der Waals surface area contributed by atoms with Crippen molar-refractivity contribution < 1.29 is 9.53 Å². The number of amides is 1. The van der Waals surface area contributed by atoms with Crippen LogP contribution >= 0.6 is 0 Å². The molecule has 1 aromatic carbocycles. The molecule has 0 aliphatic carbocycles. The first kappa shape index (κ1) is 16.0. The van der Waals surface area contributed by atoms with Crippen LogP contribution < -0.4 is 5.73 Å². The molecule has 1 aliphatic heterocycles. The summed E-state index contributed by atoms with van der Waals surface area (Å²) >= 11 is 0. The highest BCUT2D eigenvalue weighted by atomic mass is 16.5. The van der Waals surface area contributed by atoms with Gasteiger partial charge >= 0.3 is 0 Å². The normalized spacial score (nSPS) is 19.8. The van der Waals surface area contributed by atoms with E-state index in [1.165, 1.54) is 16.7 Å². The Hall–Kier alpha value is -1.39. The number of nitrogens with two attached hydrogens (primary N) is 1. The molecule has 4 heteroatoms. The Bertz CT molecular complexity index is 498. The Balaban J connectivity index is 2.16. The molecule has 1 amide bonds. The maximum absolute atomic E-state index is 12.5. The van der Waals surface area contributed by atoms with E-state index in [1.54, 1.807) is 7.11 Å². The third kappa shape index (κ3) is 3.44. The van der Waals surface area contributed by atoms with Crippen molar-refractivity contribution in [1.29, 1.82) is 0 Å². The molecular formula is C17H26N2O2. The first-order valence-electron chi connectivity index (χ1n) is 7.67. The van der Waals surface area contributed by atoms with Crippen molar-refractivity contribution in [2.24, 2.45) is 5.73 Å². The Labute approximate surface area is 127 Å². The van der Waals surface area contributed by atoms with Crippen LogP contribution in [0, 0.1) is 13.8 Å². The zero-order valence-electron chi connectivity index (χ0n) is 13.3. The van der Waals surface area contributed by atoms with E-state index < -0.39 is 0 Å². The third-order valence-electron chi connectivity index (χ3n) is 4.58. The minimum Gasteiger partial charge on any atom is -0.380 e. The largest absolute Gasteiger partial charge is 0.380 e. The molecule has 0 radical (unpaired) electrons. The van der Waals surface area contributed by atoms with Gasteiger partial charge in [-0.3, -0.25) is 4.79 Å². The van der Waals surface area contributed by atoms with Gasteiger partial charge in [0.2, 0.25) is 5.91 Å². The number of nitrogens with zero attached hydrogens (tertiary/aromatic N) is 1. The van der Waals surface area contributed by atoms with Crippen molar-refractivity contribution in [1.82, 2.24) is 4.90 Å². The first-order valence-corrected chi connectivity index (χ1v) is 7.67. The number of benzene rings is 1. The van der Waals surface area contributed by atoms with Gasteiger partial charge in [0.1, 0.15) is 0 Å². The van der Waals surface area contributed by atoms with Crippen LogP contribution in [0.4, 0.5) is 0 Å². The van der Waals surface area contributed by atoms with Crippen LogP contribution in [0.25, 0.3) is 0 Å². The number of methoxy groups -OCH3 is 1. The molecule has 2 rings (SSSR count). The lowest BCUT2D eigenvalue weighted by atomic mass is 9.96. The summed E-state index contributed by atoms with van der Waals surface area (Å²) in [4.78, 5) is 14.5. The Kier molecular flexibility index (Phi) is 5.37. The van der Waals surface area contributed by atoms with Gasteiger partial charge in [0, 0.05) is 20.2 Å². The number of hydrogen-bond acceptors (Lipinski definition) is 3. The van der Waals surface area contributed by atoms with Gasteiger partial charge in [-0.2, -0.15) is 0 Å². The fraction of sp³-hybridized carbons (Fsp3) is 0.588. The van der Waals surface area contributed by atoms with Gasteiger partial charge in [0.15, 0.2) is 0 Å². The fourth-order valence-electron chi connectivity index (χ4n) is 3.10. The summed E-state index contributed by atoms with van der Waals surface area (Å²) in [5.74, 6) is 0.149. The zero-order chi connectivity index (χ0) is 15.4. The van der Waals surface area contributed by atoms with E-state index in [2.05, 4.69) is 32.0 Å². The third-order valence-corrected chi connectivity index (χ3v) is 4.58. The van der Waals surface area contributed by atoms with Crippen LogP contribution in [0.2, 0.25) is 0 Å². The summed E-state index contributed by atoms with van der Waals surface area (Å²) in [5.41, 5.74) is 9.48. The summed E-state index contributed by atoms with van der Waals surface area (Å²) in [5, 5.41) is 0. The second-order valence-electron chi connectivity index (χ2n) is 5.83. The molecule has 2 N–H and O–H groups in total. The van der Waals surface area contributed by atoms with Crippen LogP contribution in [0.5, 0.6) is 0 Å². The van der Waals surface area contributed by atoms with Gasteiger partial charge in [-0.05, 0) is 43.4 Å². The predicted octanol–water partition coefficient (Wildman–Crippen LogP) is 2.33. The van der Waals surface area contributed by atoms with Gasteiger partial charge in [-0.15, -0.1) is 0 Å². The number of rotatable bonds is 5. The lowest BCUT2D eigenvalue weighted by molar-refractivity contribution is -0.134. The Morgan fingerprint density at radius 2 is 2.24 bits per heavy atom. The summed E-state index contributed by atoms with van der Waals surface area (Å²) in [6.45, 7) is 5.47. The first-order chi connectivity index (χ1) is 10.1. The smallest absolute Gasteiger partial charge is 0.225 e. The number of ether oxygens (including phenoxy) is 1. The molecule has 0 aromatic heterocycles. The van der Waals surface area contributed by atoms with Crippen molar-refractivity contribution in [3.05, 3.63) is 34.9 Å². The Morgan fingerprint density at radius 1 is 1.48 bits per heavy atom. The molecule has 0 bridgehead atoms.